The van der Waals surface area contributed by atoms with Gasteiger partial charge in [-0.15, -0.1) is 0 Å². The number of aliphatic imine (C=N–C) groups is 1. The molecular formula is C21H9Cl4N3O2. The molecule has 0 unspecified atom stereocenters. The predicted octanol–water partition coefficient (Wildman–Crippen LogP) is 6.12. The van der Waals surface area contributed by atoms with Crippen molar-refractivity contribution in [2.45, 2.75) is 0 Å². The number of hydrogen-bond donors (Lipinski definition) is 1. The molecule has 0 saturated carbocycles. The van der Waals surface area contributed by atoms with Crippen molar-refractivity contribution in [3.63, 3.8) is 0 Å². The van der Waals surface area contributed by atoms with E-state index in [9.17, 15) is 10.1 Å². The van der Waals surface area contributed by atoms with E-state index in [-0.39, 0.29) is 27.1 Å². The monoisotopic (exact) mass is 475 g/mol. The Morgan fingerprint density at radius 1 is 1.03 bits per heavy atom. The summed E-state index contributed by atoms with van der Waals surface area (Å²) in [7, 11) is 0. The molecular weight excluding hydrogens is 468 g/mol. The van der Waals surface area contributed by atoms with Gasteiger partial charge in [0.25, 0.3) is 0 Å². The van der Waals surface area contributed by atoms with Gasteiger partial charge in [-0.05, 0) is 36.4 Å². The Kier molecular flexibility index (Phi) is 5.59. The van der Waals surface area contributed by atoms with E-state index >= 15 is 0 Å². The van der Waals surface area contributed by atoms with Gasteiger partial charge in [-0.1, -0.05) is 52.5 Å². The van der Waals surface area contributed by atoms with Gasteiger partial charge in [0.1, 0.15) is 21.7 Å². The van der Waals surface area contributed by atoms with Gasteiger partial charge in [-0.2, -0.15) is 5.26 Å². The molecule has 0 saturated heterocycles. The van der Waals surface area contributed by atoms with Crippen LogP contribution >= 0.6 is 46.4 Å². The fourth-order valence-electron chi connectivity index (χ4n) is 3.02. The number of rotatable bonds is 3. The molecule has 2 aromatic rings. The molecule has 0 bridgehead atoms. The molecule has 2 aliphatic rings. The van der Waals surface area contributed by atoms with Gasteiger partial charge in [0.15, 0.2) is 5.76 Å². The smallest absolute Gasteiger partial charge is 0.356 e. The topological polar surface area (TPSA) is 78.2 Å². The second-order valence-electron chi connectivity index (χ2n) is 6.10. The van der Waals surface area contributed by atoms with Gasteiger partial charge >= 0.3 is 5.97 Å². The van der Waals surface area contributed by atoms with Gasteiger partial charge in [0.05, 0.1) is 21.5 Å². The maximum absolute atomic E-state index is 11.7. The number of benzene rings is 1. The van der Waals surface area contributed by atoms with E-state index in [1.165, 1.54) is 0 Å². The molecule has 0 aliphatic carbocycles. The van der Waals surface area contributed by atoms with E-state index in [2.05, 4.69) is 9.98 Å². The number of aromatic nitrogens is 1. The summed E-state index contributed by atoms with van der Waals surface area (Å²) in [6, 6.07) is 10.9. The van der Waals surface area contributed by atoms with Crippen LogP contribution < -0.4 is 0 Å². The number of esters is 1. The highest BCUT2D eigenvalue weighted by molar-refractivity contribution is 6.50. The molecule has 5 nitrogen and oxygen atoms in total. The molecule has 1 N–H and O–H groups in total. The van der Waals surface area contributed by atoms with Crippen molar-refractivity contribution in [2.24, 2.45) is 4.99 Å². The summed E-state index contributed by atoms with van der Waals surface area (Å²) in [5, 5.41) is 10.1. The average molecular weight is 477 g/mol. The Bertz CT molecular complexity index is 1260. The Morgan fingerprint density at radius 2 is 1.77 bits per heavy atom. The largest absolute Gasteiger partial charge is 0.419 e. The van der Waals surface area contributed by atoms with Crippen molar-refractivity contribution in [3.05, 3.63) is 97.1 Å². The van der Waals surface area contributed by atoms with Crippen LogP contribution in [0.2, 0.25) is 10.0 Å². The van der Waals surface area contributed by atoms with Crippen molar-refractivity contribution in [2.75, 3.05) is 0 Å². The minimum atomic E-state index is -0.822. The number of aromatic amines is 1. The molecule has 0 atom stereocenters. The summed E-state index contributed by atoms with van der Waals surface area (Å²) in [5.41, 5.74) is 2.71. The standard InChI is InChI=1S/C21H9Cl4N3O2/c22-11-3-1-4-12(23)16(11)17(14-5-2-8-27-14)15-7-6-13(28-15)10(9-26)20-18(24)19(25)21(29)30-20/h1-8,27H/b17-15+,20-10-. The first-order chi connectivity index (χ1) is 14.4. The average Bonchev–Trinajstić information content (AvgIpc) is 3.46. The summed E-state index contributed by atoms with van der Waals surface area (Å²) in [6.07, 6.45) is 5.08. The quantitative estimate of drug-likeness (QED) is 0.428. The van der Waals surface area contributed by atoms with Crippen molar-refractivity contribution in [1.29, 1.82) is 5.26 Å². The van der Waals surface area contributed by atoms with Crippen LogP contribution in [0.4, 0.5) is 0 Å². The van der Waals surface area contributed by atoms with Crippen LogP contribution in [0.15, 0.2) is 80.8 Å². The first kappa shape index (κ1) is 20.5. The van der Waals surface area contributed by atoms with Crippen molar-refractivity contribution < 1.29 is 9.53 Å². The number of hydrogen-bond acceptors (Lipinski definition) is 4. The van der Waals surface area contributed by atoms with Crippen molar-refractivity contribution in [1.82, 2.24) is 4.98 Å². The number of allylic oxidation sites excluding steroid dienone is 4. The zero-order valence-electron chi connectivity index (χ0n) is 14.8. The summed E-state index contributed by atoms with van der Waals surface area (Å²) in [4.78, 5) is 19.4. The lowest BCUT2D eigenvalue weighted by Crippen LogP contribution is -2.03. The maximum Gasteiger partial charge on any atom is 0.356 e. The number of carbonyl (C=O) groups excluding carboxylic acids is 1. The molecule has 3 heterocycles. The van der Waals surface area contributed by atoms with Crippen LogP contribution in [0.3, 0.4) is 0 Å². The lowest BCUT2D eigenvalue weighted by Gasteiger charge is -2.12. The van der Waals surface area contributed by atoms with Crippen molar-refractivity contribution in [3.8, 4) is 6.07 Å². The van der Waals surface area contributed by atoms with Crippen LogP contribution in [0.1, 0.15) is 11.3 Å². The minimum Gasteiger partial charge on any atom is -0.419 e. The first-order valence-corrected chi connectivity index (χ1v) is 9.95. The number of nitrogens with zero attached hydrogens (tertiary/aromatic N) is 2. The molecule has 4 rings (SSSR count). The van der Waals surface area contributed by atoms with E-state index in [0.717, 1.165) is 5.69 Å². The lowest BCUT2D eigenvalue weighted by molar-refractivity contribution is -0.132. The summed E-state index contributed by atoms with van der Waals surface area (Å²) in [5.74, 6) is -0.950. The molecule has 30 heavy (non-hydrogen) atoms. The molecule has 2 aliphatic heterocycles. The Hall–Kier alpha value is -2.75. The van der Waals surface area contributed by atoms with E-state index in [1.54, 1.807) is 36.5 Å². The number of halogens is 4. The highest BCUT2D eigenvalue weighted by Crippen LogP contribution is 2.39. The second-order valence-corrected chi connectivity index (χ2v) is 7.67. The molecule has 0 radical (unpaired) electrons. The molecule has 0 amide bonds. The molecule has 9 heteroatoms. The Balaban J connectivity index is 1.93. The summed E-state index contributed by atoms with van der Waals surface area (Å²) < 4.78 is 5.04. The number of nitriles is 1. The van der Waals surface area contributed by atoms with E-state index in [1.807, 2.05) is 18.2 Å². The lowest BCUT2D eigenvalue weighted by atomic mass is 10.0. The SMILES string of the molecule is N#C/C(C1=N/C(=C(\c2ccc[nH]2)c2c(Cl)cccc2Cl)C=C1)=C1/OC(=O)C(Cl)=C1Cl. The fourth-order valence-corrected chi connectivity index (χ4v) is 3.94. The van der Waals surface area contributed by atoms with Gasteiger partial charge < -0.3 is 9.72 Å². The molecule has 0 fully saturated rings. The zero-order valence-corrected chi connectivity index (χ0v) is 17.9. The normalized spacial score (nSPS) is 19.0. The zero-order chi connectivity index (χ0) is 21.4. The van der Waals surface area contributed by atoms with E-state index < -0.39 is 5.97 Å². The Labute approximate surface area is 191 Å². The third-order valence-electron chi connectivity index (χ3n) is 4.34. The summed E-state index contributed by atoms with van der Waals surface area (Å²) in [6.45, 7) is 0. The van der Waals surface area contributed by atoms with Crippen LogP contribution in [0.5, 0.6) is 0 Å². The van der Waals surface area contributed by atoms with Crippen LogP contribution in [-0.2, 0) is 9.53 Å². The number of cyclic esters (lactones) is 1. The first-order valence-electron chi connectivity index (χ1n) is 8.44. The number of carbonyl (C=O) groups is 1. The third-order valence-corrected chi connectivity index (χ3v) is 5.77. The molecule has 1 aromatic carbocycles. The number of nitrogens with one attached hydrogen (secondary N) is 1. The highest BCUT2D eigenvalue weighted by atomic mass is 35.5. The van der Waals surface area contributed by atoms with Gasteiger partial charge in [-0.25, -0.2) is 9.79 Å². The van der Waals surface area contributed by atoms with Gasteiger partial charge in [0, 0.05) is 23.0 Å². The van der Waals surface area contributed by atoms with Gasteiger partial charge in [-0.3, -0.25) is 0 Å². The van der Waals surface area contributed by atoms with Gasteiger partial charge in [0.2, 0.25) is 0 Å². The predicted molar refractivity (Wildman–Crippen MR) is 117 cm³/mol. The van der Waals surface area contributed by atoms with Crippen LogP contribution in [0, 0.1) is 11.3 Å². The second kappa shape index (κ2) is 8.17. The van der Waals surface area contributed by atoms with E-state index in [0.29, 0.717) is 26.9 Å². The van der Waals surface area contributed by atoms with Crippen LogP contribution in [0.25, 0.3) is 5.57 Å². The van der Waals surface area contributed by atoms with Crippen molar-refractivity contribution >= 4 is 63.7 Å². The van der Waals surface area contributed by atoms with E-state index in [4.69, 9.17) is 51.1 Å². The molecule has 148 valence electrons. The third kappa shape index (κ3) is 3.49. The maximum atomic E-state index is 11.7. The summed E-state index contributed by atoms with van der Waals surface area (Å²) >= 11 is 24.7. The number of ether oxygens (including phenoxy) is 1. The minimum absolute atomic E-state index is 0.0219. The number of H-pyrrole nitrogens is 1. The molecule has 1 aromatic heterocycles. The fraction of sp³-hybridized carbons (Fsp3) is 0. The molecule has 0 spiro atoms. The van der Waals surface area contributed by atoms with Crippen LogP contribution in [-0.4, -0.2) is 16.7 Å². The highest BCUT2D eigenvalue weighted by Gasteiger charge is 2.32. The Morgan fingerprint density at radius 3 is 2.33 bits per heavy atom.